The largest absolute Gasteiger partial charge is 0.304 e. The summed E-state index contributed by atoms with van der Waals surface area (Å²) in [6.45, 7) is 4.56. The fraction of sp³-hybridized carbons (Fsp3) is 0.923. The summed E-state index contributed by atoms with van der Waals surface area (Å²) in [5.41, 5.74) is 0. The molecule has 1 saturated heterocycles. The lowest BCUT2D eigenvalue weighted by Gasteiger charge is -2.17. The van der Waals surface area contributed by atoms with Crippen LogP contribution in [-0.4, -0.2) is 24.5 Å². The molecule has 0 spiro atoms. The van der Waals surface area contributed by atoms with Crippen LogP contribution < -0.4 is 5.32 Å². The predicted octanol–water partition coefficient (Wildman–Crippen LogP) is 2.86. The van der Waals surface area contributed by atoms with Crippen LogP contribution in [-0.2, 0) is 4.79 Å². The normalized spacial score (nSPS) is 26.9. The molecule has 1 fully saturated rings. The zero-order valence-corrected chi connectivity index (χ0v) is 10.5. The molecule has 1 rings (SSSR count). The Hall–Kier alpha value is -0.440. The third-order valence-electron chi connectivity index (χ3n) is 3.47. The second-order valence-corrected chi connectivity index (χ2v) is 4.80. The summed E-state index contributed by atoms with van der Waals surface area (Å²) < 4.78 is 13.0. The summed E-state index contributed by atoms with van der Waals surface area (Å²) in [5.74, 6) is 0.369. The predicted molar refractivity (Wildman–Crippen MR) is 64.2 cm³/mol. The molecular formula is C13H24FNO. The maximum atomic E-state index is 13.0. The Bertz CT molecular complexity index is 220. The Labute approximate surface area is 98.0 Å². The summed E-state index contributed by atoms with van der Waals surface area (Å²) in [6, 6.07) is -0.221. The van der Waals surface area contributed by atoms with Crippen molar-refractivity contribution in [3.8, 4) is 0 Å². The number of ketones is 1. The first-order valence-corrected chi connectivity index (χ1v) is 6.60. The van der Waals surface area contributed by atoms with Gasteiger partial charge in [-0.2, -0.15) is 0 Å². The number of carbonyl (C=O) groups excluding carboxylic acids is 1. The minimum absolute atomic E-state index is 0.134. The molecule has 1 heterocycles. The van der Waals surface area contributed by atoms with E-state index in [0.29, 0.717) is 13.0 Å². The van der Waals surface area contributed by atoms with E-state index < -0.39 is 6.17 Å². The van der Waals surface area contributed by atoms with E-state index in [1.807, 2.05) is 0 Å². The van der Waals surface area contributed by atoms with Crippen molar-refractivity contribution in [2.75, 3.05) is 6.54 Å². The van der Waals surface area contributed by atoms with Crippen LogP contribution in [0.4, 0.5) is 4.39 Å². The maximum absolute atomic E-state index is 13.0. The molecule has 0 radical (unpaired) electrons. The third-order valence-corrected chi connectivity index (χ3v) is 3.47. The van der Waals surface area contributed by atoms with E-state index in [4.69, 9.17) is 0 Å². The number of rotatable bonds is 7. The Morgan fingerprint density at radius 3 is 2.69 bits per heavy atom. The maximum Gasteiger partial charge on any atom is 0.152 e. The molecule has 0 aromatic heterocycles. The van der Waals surface area contributed by atoms with Crippen molar-refractivity contribution in [1.29, 1.82) is 0 Å². The highest BCUT2D eigenvalue weighted by Crippen LogP contribution is 2.20. The van der Waals surface area contributed by atoms with Crippen LogP contribution in [0.2, 0.25) is 0 Å². The van der Waals surface area contributed by atoms with Crippen LogP contribution in [0.5, 0.6) is 0 Å². The van der Waals surface area contributed by atoms with Gasteiger partial charge in [0.15, 0.2) is 5.78 Å². The number of halogens is 1. The molecule has 0 saturated carbocycles. The first-order chi connectivity index (χ1) is 7.69. The van der Waals surface area contributed by atoms with Crippen LogP contribution in [0, 0.1) is 5.92 Å². The molecule has 1 N–H and O–H groups in total. The van der Waals surface area contributed by atoms with Crippen LogP contribution >= 0.6 is 0 Å². The Morgan fingerprint density at radius 1 is 1.44 bits per heavy atom. The Kier molecular flexibility index (Phi) is 5.96. The van der Waals surface area contributed by atoms with Crippen LogP contribution in [0.3, 0.4) is 0 Å². The van der Waals surface area contributed by atoms with E-state index >= 15 is 0 Å². The first-order valence-electron chi connectivity index (χ1n) is 6.60. The number of alkyl halides is 1. The lowest BCUT2D eigenvalue weighted by Crippen LogP contribution is -2.35. The average Bonchev–Trinajstić information content (AvgIpc) is 2.70. The molecular weight excluding hydrogens is 205 g/mol. The summed E-state index contributed by atoms with van der Waals surface area (Å²) in [7, 11) is 0. The van der Waals surface area contributed by atoms with Crippen molar-refractivity contribution in [1.82, 2.24) is 5.32 Å². The summed E-state index contributed by atoms with van der Waals surface area (Å²) in [4.78, 5) is 12.1. The van der Waals surface area contributed by atoms with Crippen LogP contribution in [0.25, 0.3) is 0 Å². The Balaban J connectivity index is 2.36. The lowest BCUT2D eigenvalue weighted by molar-refractivity contribution is -0.125. The van der Waals surface area contributed by atoms with Crippen LogP contribution in [0.15, 0.2) is 0 Å². The van der Waals surface area contributed by atoms with Gasteiger partial charge in [-0.15, -0.1) is 0 Å². The van der Waals surface area contributed by atoms with Gasteiger partial charge in [0.25, 0.3) is 0 Å². The van der Waals surface area contributed by atoms with Gasteiger partial charge in [-0.3, -0.25) is 4.79 Å². The highest BCUT2D eigenvalue weighted by Gasteiger charge is 2.32. The number of Topliss-reactive ketones (excluding diaryl/α,β-unsaturated/α-hetero) is 1. The number of unbranched alkanes of at least 4 members (excludes halogenated alkanes) is 2. The highest BCUT2D eigenvalue weighted by molar-refractivity contribution is 5.86. The molecule has 1 unspecified atom stereocenters. The average molecular weight is 229 g/mol. The van der Waals surface area contributed by atoms with E-state index in [1.54, 1.807) is 0 Å². The van der Waals surface area contributed by atoms with Gasteiger partial charge in [0.2, 0.25) is 0 Å². The molecule has 1 aliphatic rings. The zero-order valence-electron chi connectivity index (χ0n) is 10.5. The topological polar surface area (TPSA) is 29.1 Å². The van der Waals surface area contributed by atoms with Crippen molar-refractivity contribution in [3.05, 3.63) is 0 Å². The molecule has 0 aliphatic carbocycles. The quantitative estimate of drug-likeness (QED) is 0.680. The monoisotopic (exact) mass is 229 g/mol. The molecule has 0 aromatic rings. The van der Waals surface area contributed by atoms with Gasteiger partial charge in [-0.1, -0.05) is 33.1 Å². The van der Waals surface area contributed by atoms with Gasteiger partial charge >= 0.3 is 0 Å². The summed E-state index contributed by atoms with van der Waals surface area (Å²) in [6.07, 6.45) is 4.89. The SMILES string of the molecule is CCCCCC(CC)C(=O)[C@@H]1C[C@@H](F)CN1. The smallest absolute Gasteiger partial charge is 0.152 e. The van der Waals surface area contributed by atoms with Crippen molar-refractivity contribution < 1.29 is 9.18 Å². The number of hydrogen-bond acceptors (Lipinski definition) is 2. The van der Waals surface area contributed by atoms with E-state index in [1.165, 1.54) is 12.8 Å². The van der Waals surface area contributed by atoms with Gasteiger partial charge in [0.05, 0.1) is 6.04 Å². The zero-order chi connectivity index (χ0) is 12.0. The Morgan fingerprint density at radius 2 is 2.19 bits per heavy atom. The van der Waals surface area contributed by atoms with Gasteiger partial charge in [0.1, 0.15) is 6.17 Å². The molecule has 3 atom stereocenters. The summed E-state index contributed by atoms with van der Waals surface area (Å²) in [5, 5.41) is 2.99. The second kappa shape index (κ2) is 7.00. The van der Waals surface area contributed by atoms with Crippen molar-refractivity contribution in [2.24, 2.45) is 5.92 Å². The number of nitrogens with one attached hydrogen (secondary N) is 1. The van der Waals surface area contributed by atoms with Gasteiger partial charge in [-0.25, -0.2) is 4.39 Å². The van der Waals surface area contributed by atoms with Gasteiger partial charge < -0.3 is 5.32 Å². The molecule has 2 nitrogen and oxygen atoms in total. The minimum Gasteiger partial charge on any atom is -0.304 e. The molecule has 0 amide bonds. The second-order valence-electron chi connectivity index (χ2n) is 4.80. The minimum atomic E-state index is -0.831. The fourth-order valence-electron chi connectivity index (χ4n) is 2.38. The molecule has 0 bridgehead atoms. The van der Waals surface area contributed by atoms with E-state index in [0.717, 1.165) is 19.3 Å². The number of carbonyl (C=O) groups is 1. The molecule has 3 heteroatoms. The molecule has 0 aromatic carbocycles. The van der Waals surface area contributed by atoms with Gasteiger partial charge in [-0.05, 0) is 12.8 Å². The lowest BCUT2D eigenvalue weighted by atomic mass is 9.90. The molecule has 16 heavy (non-hydrogen) atoms. The van der Waals surface area contributed by atoms with Crippen molar-refractivity contribution >= 4 is 5.78 Å². The van der Waals surface area contributed by atoms with Gasteiger partial charge in [0, 0.05) is 18.9 Å². The molecule has 94 valence electrons. The number of hydrogen-bond donors (Lipinski definition) is 1. The van der Waals surface area contributed by atoms with Crippen LogP contribution in [0.1, 0.15) is 52.4 Å². The standard InChI is InChI=1S/C13H24FNO/c1-3-5-6-7-10(4-2)13(16)12-8-11(14)9-15-12/h10-12,15H,3-9H2,1-2H3/t10?,11-,12+/m1/s1. The highest BCUT2D eigenvalue weighted by atomic mass is 19.1. The van der Waals surface area contributed by atoms with Crippen molar-refractivity contribution in [3.63, 3.8) is 0 Å². The third kappa shape index (κ3) is 3.85. The van der Waals surface area contributed by atoms with E-state index in [-0.39, 0.29) is 17.7 Å². The van der Waals surface area contributed by atoms with Crippen molar-refractivity contribution in [2.45, 2.75) is 64.6 Å². The first kappa shape index (κ1) is 13.6. The fourth-order valence-corrected chi connectivity index (χ4v) is 2.38. The van der Waals surface area contributed by atoms with E-state index in [9.17, 15) is 9.18 Å². The summed E-state index contributed by atoms with van der Waals surface area (Å²) >= 11 is 0. The van der Waals surface area contributed by atoms with E-state index in [2.05, 4.69) is 19.2 Å². The molecule has 1 aliphatic heterocycles.